The second-order valence-corrected chi connectivity index (χ2v) is 7.23. The first kappa shape index (κ1) is 20.1. The normalized spacial score (nSPS) is 17.0. The molecule has 0 radical (unpaired) electrons. The number of piperazine rings is 1. The van der Waals surface area contributed by atoms with Crippen molar-refractivity contribution in [1.82, 2.24) is 4.90 Å². The van der Waals surface area contributed by atoms with E-state index in [1.54, 1.807) is 20.1 Å². The van der Waals surface area contributed by atoms with Gasteiger partial charge in [0, 0.05) is 38.3 Å². The summed E-state index contributed by atoms with van der Waals surface area (Å²) in [6.45, 7) is 7.94. The van der Waals surface area contributed by atoms with Crippen molar-refractivity contribution >= 4 is 11.6 Å². The summed E-state index contributed by atoms with van der Waals surface area (Å²) in [7, 11) is 1.60. The van der Waals surface area contributed by atoms with E-state index in [9.17, 15) is 9.18 Å². The van der Waals surface area contributed by atoms with Crippen molar-refractivity contribution in [3.63, 3.8) is 0 Å². The number of methoxy groups -OCH3 is 1. The van der Waals surface area contributed by atoms with E-state index in [0.717, 1.165) is 17.0 Å². The molecule has 5 nitrogen and oxygen atoms in total. The molecule has 1 aliphatic heterocycles. The number of anilines is 1. The van der Waals surface area contributed by atoms with E-state index in [4.69, 9.17) is 9.47 Å². The summed E-state index contributed by atoms with van der Waals surface area (Å²) < 4.78 is 24.2. The first-order valence-corrected chi connectivity index (χ1v) is 9.45. The molecule has 0 unspecified atom stereocenters. The van der Waals surface area contributed by atoms with E-state index in [1.165, 1.54) is 12.1 Å². The van der Waals surface area contributed by atoms with Crippen LogP contribution in [0, 0.1) is 19.7 Å². The third kappa shape index (κ3) is 4.12. The number of hydrogen-bond donors (Lipinski definition) is 0. The monoisotopic (exact) mass is 386 g/mol. The summed E-state index contributed by atoms with van der Waals surface area (Å²) in [4.78, 5) is 17.0. The van der Waals surface area contributed by atoms with Crippen LogP contribution in [-0.2, 0) is 4.74 Å². The Labute approximate surface area is 165 Å². The molecule has 1 heterocycles. The Morgan fingerprint density at radius 3 is 2.64 bits per heavy atom. The van der Waals surface area contributed by atoms with Gasteiger partial charge in [0.25, 0.3) is 5.91 Å². The smallest absolute Gasteiger partial charge is 0.254 e. The molecule has 0 saturated carbocycles. The molecule has 1 fully saturated rings. The third-order valence-electron chi connectivity index (χ3n) is 5.16. The topological polar surface area (TPSA) is 42.0 Å². The molecule has 1 aliphatic rings. The number of para-hydroxylation sites is 1. The average molecular weight is 386 g/mol. The first-order valence-electron chi connectivity index (χ1n) is 9.45. The van der Waals surface area contributed by atoms with Gasteiger partial charge in [-0.2, -0.15) is 0 Å². The van der Waals surface area contributed by atoms with Crippen molar-refractivity contribution in [1.29, 1.82) is 0 Å². The van der Waals surface area contributed by atoms with Crippen LogP contribution in [0.15, 0.2) is 36.4 Å². The molecule has 0 aromatic heterocycles. The molecule has 1 amide bonds. The number of amides is 1. The van der Waals surface area contributed by atoms with E-state index >= 15 is 0 Å². The summed E-state index contributed by atoms with van der Waals surface area (Å²) in [5, 5.41) is 0. The molecule has 1 atom stereocenters. The van der Waals surface area contributed by atoms with Gasteiger partial charge in [0.1, 0.15) is 11.6 Å². The third-order valence-corrected chi connectivity index (χ3v) is 5.16. The Bertz CT molecular complexity index is 856. The zero-order chi connectivity index (χ0) is 20.3. The van der Waals surface area contributed by atoms with Gasteiger partial charge in [-0.25, -0.2) is 4.39 Å². The van der Waals surface area contributed by atoms with Crippen LogP contribution in [0.3, 0.4) is 0 Å². The molecule has 3 rings (SSSR count). The zero-order valence-electron chi connectivity index (χ0n) is 16.9. The van der Waals surface area contributed by atoms with Gasteiger partial charge in [-0.15, -0.1) is 0 Å². The maximum absolute atomic E-state index is 13.4. The number of halogens is 1. The second kappa shape index (κ2) is 8.61. The molecule has 0 N–H and O–H groups in total. The minimum Gasteiger partial charge on any atom is -0.465 e. The molecule has 2 aromatic carbocycles. The van der Waals surface area contributed by atoms with Crippen molar-refractivity contribution in [2.45, 2.75) is 26.8 Å². The van der Waals surface area contributed by atoms with Gasteiger partial charge >= 0.3 is 0 Å². The minimum atomic E-state index is -0.324. The lowest BCUT2D eigenvalue weighted by atomic mass is 10.0. The van der Waals surface area contributed by atoms with E-state index < -0.39 is 0 Å². The van der Waals surface area contributed by atoms with Crippen molar-refractivity contribution < 1.29 is 18.7 Å². The Morgan fingerprint density at radius 1 is 1.18 bits per heavy atom. The van der Waals surface area contributed by atoms with E-state index in [1.807, 2.05) is 30.0 Å². The number of carbonyl (C=O) groups is 1. The molecule has 2 aromatic rings. The van der Waals surface area contributed by atoms with Gasteiger partial charge in [-0.3, -0.25) is 4.79 Å². The zero-order valence-corrected chi connectivity index (χ0v) is 16.9. The highest BCUT2D eigenvalue weighted by Crippen LogP contribution is 2.34. The number of hydrogen-bond acceptors (Lipinski definition) is 4. The quantitative estimate of drug-likeness (QED) is 0.734. The number of aryl methyl sites for hydroxylation is 2. The fraction of sp³-hybridized carbons (Fsp3) is 0.409. The number of rotatable bonds is 5. The molecule has 6 heteroatoms. The van der Waals surface area contributed by atoms with Crippen LogP contribution in [0.25, 0.3) is 0 Å². The van der Waals surface area contributed by atoms with Crippen LogP contribution >= 0.6 is 0 Å². The van der Waals surface area contributed by atoms with Crippen LogP contribution < -0.4 is 9.64 Å². The molecule has 0 spiro atoms. The summed E-state index contributed by atoms with van der Waals surface area (Å²) in [6.07, 6.45) is 0. The first-order chi connectivity index (χ1) is 13.4. The second-order valence-electron chi connectivity index (χ2n) is 7.23. The average Bonchev–Trinajstić information content (AvgIpc) is 2.66. The van der Waals surface area contributed by atoms with Crippen LogP contribution in [0.4, 0.5) is 10.1 Å². The van der Waals surface area contributed by atoms with Gasteiger partial charge in [-0.1, -0.05) is 12.1 Å². The predicted molar refractivity (Wildman–Crippen MR) is 108 cm³/mol. The van der Waals surface area contributed by atoms with Crippen molar-refractivity contribution in [2.75, 3.05) is 38.4 Å². The maximum atomic E-state index is 13.4. The Hall–Kier alpha value is -2.60. The lowest BCUT2D eigenvalue weighted by molar-refractivity contribution is 0.0507. The van der Waals surface area contributed by atoms with Crippen molar-refractivity contribution in [2.24, 2.45) is 0 Å². The van der Waals surface area contributed by atoms with E-state index in [0.29, 0.717) is 30.8 Å². The van der Waals surface area contributed by atoms with Crippen LogP contribution in [-0.4, -0.2) is 50.4 Å². The Balaban J connectivity index is 1.77. The van der Waals surface area contributed by atoms with Gasteiger partial charge < -0.3 is 19.3 Å². The van der Waals surface area contributed by atoms with Crippen molar-refractivity contribution in [3.05, 3.63) is 58.9 Å². The standard InChI is InChI=1S/C22H27FN2O3/c1-15-6-5-7-20(21(15)28-14-27-4)25-11-10-24(13-17(25)3)22(26)19-9-8-18(23)12-16(19)2/h5-9,12,17H,10-11,13-14H2,1-4H3/t17-/m0/s1. The fourth-order valence-electron chi connectivity index (χ4n) is 3.71. The van der Waals surface area contributed by atoms with Crippen LogP contribution in [0.2, 0.25) is 0 Å². The largest absolute Gasteiger partial charge is 0.465 e. The van der Waals surface area contributed by atoms with Crippen molar-refractivity contribution in [3.8, 4) is 5.75 Å². The molecule has 0 aliphatic carbocycles. The summed E-state index contributed by atoms with van der Waals surface area (Å²) in [5.41, 5.74) is 3.27. The number of benzene rings is 2. The maximum Gasteiger partial charge on any atom is 0.254 e. The molecular formula is C22H27FN2O3. The lowest BCUT2D eigenvalue weighted by Crippen LogP contribution is -2.54. The summed E-state index contributed by atoms with van der Waals surface area (Å²) in [5.74, 6) is 0.435. The van der Waals surface area contributed by atoms with Gasteiger partial charge in [0.15, 0.2) is 6.79 Å². The Morgan fingerprint density at radius 2 is 1.96 bits per heavy atom. The van der Waals surface area contributed by atoms with Crippen LogP contribution in [0.1, 0.15) is 28.4 Å². The Kier molecular flexibility index (Phi) is 6.19. The van der Waals surface area contributed by atoms with Gasteiger partial charge in [0.2, 0.25) is 0 Å². The van der Waals surface area contributed by atoms with Gasteiger partial charge in [0.05, 0.1) is 5.69 Å². The van der Waals surface area contributed by atoms with E-state index in [2.05, 4.69) is 11.8 Å². The fourth-order valence-corrected chi connectivity index (χ4v) is 3.71. The summed E-state index contributed by atoms with van der Waals surface area (Å²) in [6, 6.07) is 10.5. The highest BCUT2D eigenvalue weighted by molar-refractivity contribution is 5.95. The SMILES string of the molecule is COCOc1c(C)cccc1N1CCN(C(=O)c2ccc(F)cc2C)C[C@@H]1C. The minimum absolute atomic E-state index is 0.0518. The number of carbonyl (C=O) groups excluding carboxylic acids is 1. The summed E-state index contributed by atoms with van der Waals surface area (Å²) >= 11 is 0. The number of ether oxygens (including phenoxy) is 2. The van der Waals surface area contributed by atoms with E-state index in [-0.39, 0.29) is 24.6 Å². The highest BCUT2D eigenvalue weighted by atomic mass is 19.1. The molecule has 28 heavy (non-hydrogen) atoms. The highest BCUT2D eigenvalue weighted by Gasteiger charge is 2.29. The molecule has 150 valence electrons. The van der Waals surface area contributed by atoms with Gasteiger partial charge in [-0.05, 0) is 56.2 Å². The molecule has 0 bridgehead atoms. The molecular weight excluding hydrogens is 359 g/mol. The molecule has 1 saturated heterocycles. The number of nitrogens with zero attached hydrogens (tertiary/aromatic N) is 2. The lowest BCUT2D eigenvalue weighted by Gasteiger charge is -2.42. The van der Waals surface area contributed by atoms with Crippen LogP contribution in [0.5, 0.6) is 5.75 Å². The predicted octanol–water partition coefficient (Wildman–Crippen LogP) is 3.78.